The lowest BCUT2D eigenvalue weighted by Crippen LogP contribution is -2.16. The number of nitrogens with zero attached hydrogens (tertiary/aromatic N) is 4. The molecule has 3 aromatic heterocycles. The molecule has 0 unspecified atom stereocenters. The van der Waals surface area contributed by atoms with Gasteiger partial charge in [-0.2, -0.15) is 5.10 Å². The van der Waals surface area contributed by atoms with Crippen molar-refractivity contribution in [2.45, 2.75) is 18.7 Å². The molecule has 0 amide bonds. The molecule has 2 aromatic carbocycles. The summed E-state index contributed by atoms with van der Waals surface area (Å²) in [6, 6.07) is 23.9. The Bertz CT molecular complexity index is 1580. The average molecular weight is 469 g/mol. The minimum Gasteiger partial charge on any atom is -0.241 e. The Labute approximate surface area is 198 Å². The van der Waals surface area contributed by atoms with E-state index in [4.69, 9.17) is 0 Å². The Kier molecular flexibility index (Phi) is 5.63. The molecule has 0 spiro atoms. The molecule has 5 rings (SSSR count). The zero-order valence-corrected chi connectivity index (χ0v) is 19.7. The van der Waals surface area contributed by atoms with E-state index in [-0.39, 0.29) is 10.8 Å². The van der Waals surface area contributed by atoms with Crippen molar-refractivity contribution in [1.29, 1.82) is 0 Å². The molecule has 0 saturated heterocycles. The molecule has 0 aliphatic heterocycles. The van der Waals surface area contributed by atoms with Crippen molar-refractivity contribution in [2.24, 2.45) is 5.92 Å². The summed E-state index contributed by atoms with van der Waals surface area (Å²) in [4.78, 5) is 4.67. The highest BCUT2D eigenvalue weighted by Gasteiger charge is 2.26. The maximum Gasteiger partial charge on any atom is 0.269 e. The Balaban J connectivity index is 1.79. The van der Waals surface area contributed by atoms with E-state index in [1.165, 1.54) is 3.97 Å². The molecule has 0 aliphatic carbocycles. The molecule has 0 fully saturated rings. The Morgan fingerprint density at radius 2 is 1.74 bits per heavy atom. The first kappa shape index (κ1) is 21.9. The number of hydrogen-bond acceptors (Lipinski definition) is 4. The molecule has 0 atom stereocenters. The number of allylic oxidation sites excluding steroid dienone is 1. The van der Waals surface area contributed by atoms with E-state index in [0.29, 0.717) is 11.3 Å². The summed E-state index contributed by atoms with van der Waals surface area (Å²) in [5.74, 6) is 0.183. The standard InChI is InChI=1S/C27H24N4O2S/c1-20(2)17-25(21-9-6-11-23(18-21)30-16-8-15-29-30)26-19-22-10-7-14-28-27(22)31(26)34(32,33)24-12-4-3-5-13-24/h3-20H,1-2H3. The van der Waals surface area contributed by atoms with Gasteiger partial charge >= 0.3 is 0 Å². The summed E-state index contributed by atoms with van der Waals surface area (Å²) >= 11 is 0. The van der Waals surface area contributed by atoms with Crippen LogP contribution in [0.4, 0.5) is 0 Å². The Morgan fingerprint density at radius 3 is 2.47 bits per heavy atom. The number of benzene rings is 2. The van der Waals surface area contributed by atoms with Gasteiger partial charge in [0.2, 0.25) is 0 Å². The van der Waals surface area contributed by atoms with Crippen molar-refractivity contribution in [1.82, 2.24) is 18.7 Å². The van der Waals surface area contributed by atoms with Gasteiger partial charge in [0, 0.05) is 29.5 Å². The van der Waals surface area contributed by atoms with Crippen LogP contribution >= 0.6 is 0 Å². The van der Waals surface area contributed by atoms with Gasteiger partial charge in [0.05, 0.1) is 16.3 Å². The van der Waals surface area contributed by atoms with E-state index in [2.05, 4.69) is 30.0 Å². The third kappa shape index (κ3) is 3.95. The molecule has 170 valence electrons. The van der Waals surface area contributed by atoms with E-state index in [9.17, 15) is 8.42 Å². The smallest absolute Gasteiger partial charge is 0.241 e. The Morgan fingerprint density at radius 1 is 0.912 bits per heavy atom. The highest BCUT2D eigenvalue weighted by atomic mass is 32.2. The van der Waals surface area contributed by atoms with E-state index in [1.54, 1.807) is 47.4 Å². The zero-order valence-electron chi connectivity index (χ0n) is 18.9. The average Bonchev–Trinajstić information content (AvgIpc) is 3.52. The lowest BCUT2D eigenvalue weighted by atomic mass is 9.98. The van der Waals surface area contributed by atoms with Crippen molar-refractivity contribution in [3.8, 4) is 5.69 Å². The second-order valence-electron chi connectivity index (χ2n) is 8.35. The summed E-state index contributed by atoms with van der Waals surface area (Å²) in [6.45, 7) is 4.16. The SMILES string of the molecule is CC(C)C=C(c1cccc(-n2cccn2)c1)c1cc2cccnc2n1S(=O)(=O)c1ccccc1. The van der Waals surface area contributed by atoms with Crippen LogP contribution in [0.3, 0.4) is 0 Å². The molecule has 0 radical (unpaired) electrons. The fourth-order valence-electron chi connectivity index (χ4n) is 4.04. The first-order valence-corrected chi connectivity index (χ1v) is 12.5. The number of hydrogen-bond donors (Lipinski definition) is 0. The molecule has 0 saturated carbocycles. The molecule has 0 bridgehead atoms. The fraction of sp³-hybridized carbons (Fsp3) is 0.111. The van der Waals surface area contributed by atoms with Crippen LogP contribution in [-0.2, 0) is 10.0 Å². The Hall–Kier alpha value is -3.97. The summed E-state index contributed by atoms with van der Waals surface area (Å²) in [5.41, 5.74) is 3.59. The van der Waals surface area contributed by atoms with Gasteiger partial charge in [-0.15, -0.1) is 0 Å². The normalized spacial score (nSPS) is 12.5. The number of fused-ring (bicyclic) bond motifs is 1. The molecule has 34 heavy (non-hydrogen) atoms. The van der Waals surface area contributed by atoms with Crippen molar-refractivity contribution in [3.05, 3.63) is 115 Å². The van der Waals surface area contributed by atoms with Crippen LogP contribution in [-0.4, -0.2) is 27.2 Å². The minimum absolute atomic E-state index is 0.183. The van der Waals surface area contributed by atoms with Crippen molar-refractivity contribution < 1.29 is 8.42 Å². The van der Waals surface area contributed by atoms with Gasteiger partial charge in [0.1, 0.15) is 0 Å². The summed E-state index contributed by atoms with van der Waals surface area (Å²) < 4.78 is 30.9. The maximum atomic E-state index is 13.9. The van der Waals surface area contributed by atoms with Crippen molar-refractivity contribution in [2.75, 3.05) is 0 Å². The van der Waals surface area contributed by atoms with Gasteiger partial charge in [-0.25, -0.2) is 22.1 Å². The van der Waals surface area contributed by atoms with Crippen LogP contribution in [0.1, 0.15) is 25.1 Å². The van der Waals surface area contributed by atoms with Gasteiger partial charge in [-0.05, 0) is 60.0 Å². The highest BCUT2D eigenvalue weighted by molar-refractivity contribution is 7.90. The quantitative estimate of drug-likeness (QED) is 0.328. The predicted octanol–water partition coefficient (Wildman–Crippen LogP) is 5.55. The molecular weight excluding hydrogens is 444 g/mol. The molecule has 0 N–H and O–H groups in total. The number of rotatable bonds is 6. The second kappa shape index (κ2) is 8.76. The van der Waals surface area contributed by atoms with Gasteiger partial charge in [0.15, 0.2) is 5.65 Å². The van der Waals surface area contributed by atoms with Gasteiger partial charge in [-0.1, -0.05) is 50.3 Å². The largest absolute Gasteiger partial charge is 0.269 e. The summed E-state index contributed by atoms with van der Waals surface area (Å²) in [5, 5.41) is 5.10. The molecule has 5 aromatic rings. The topological polar surface area (TPSA) is 69.8 Å². The molecular formula is C27H24N4O2S. The monoisotopic (exact) mass is 468 g/mol. The molecule has 7 heteroatoms. The van der Waals surface area contributed by atoms with Crippen LogP contribution in [0.5, 0.6) is 0 Å². The van der Waals surface area contributed by atoms with Crippen LogP contribution < -0.4 is 0 Å². The van der Waals surface area contributed by atoms with E-state index < -0.39 is 10.0 Å². The third-order valence-corrected chi connectivity index (χ3v) is 7.22. The van der Waals surface area contributed by atoms with Crippen LogP contribution in [0.2, 0.25) is 0 Å². The zero-order chi connectivity index (χ0) is 23.7. The van der Waals surface area contributed by atoms with E-state index in [1.807, 2.05) is 54.7 Å². The highest BCUT2D eigenvalue weighted by Crippen LogP contribution is 2.33. The first-order chi connectivity index (χ1) is 16.4. The third-order valence-electron chi connectivity index (χ3n) is 5.50. The number of aromatic nitrogens is 4. The molecule has 6 nitrogen and oxygen atoms in total. The first-order valence-electron chi connectivity index (χ1n) is 11.0. The maximum absolute atomic E-state index is 13.9. The second-order valence-corrected chi connectivity index (χ2v) is 10.1. The number of pyridine rings is 1. The molecule has 3 heterocycles. The van der Waals surface area contributed by atoms with Crippen LogP contribution in [0, 0.1) is 5.92 Å². The van der Waals surface area contributed by atoms with Crippen molar-refractivity contribution >= 4 is 26.6 Å². The summed E-state index contributed by atoms with van der Waals surface area (Å²) in [7, 11) is -3.90. The van der Waals surface area contributed by atoms with Crippen LogP contribution in [0.25, 0.3) is 22.3 Å². The van der Waals surface area contributed by atoms with Crippen LogP contribution in [0.15, 0.2) is 108 Å². The van der Waals surface area contributed by atoms with Gasteiger partial charge < -0.3 is 0 Å². The van der Waals surface area contributed by atoms with E-state index >= 15 is 0 Å². The summed E-state index contributed by atoms with van der Waals surface area (Å²) in [6.07, 6.45) is 7.32. The minimum atomic E-state index is -3.90. The fourth-order valence-corrected chi connectivity index (χ4v) is 5.54. The lowest BCUT2D eigenvalue weighted by molar-refractivity contribution is 0.588. The van der Waals surface area contributed by atoms with E-state index in [0.717, 1.165) is 22.2 Å². The van der Waals surface area contributed by atoms with Crippen molar-refractivity contribution in [3.63, 3.8) is 0 Å². The molecule has 0 aliphatic rings. The predicted molar refractivity (Wildman–Crippen MR) is 134 cm³/mol. The van der Waals surface area contributed by atoms with Gasteiger partial charge in [-0.3, -0.25) is 0 Å². The lowest BCUT2D eigenvalue weighted by Gasteiger charge is -2.16. The van der Waals surface area contributed by atoms with Gasteiger partial charge in [0.25, 0.3) is 10.0 Å².